The number of imidazole rings is 1. The van der Waals surface area contributed by atoms with E-state index in [2.05, 4.69) is 9.88 Å². The van der Waals surface area contributed by atoms with Crippen LogP contribution in [-0.4, -0.2) is 47.3 Å². The second-order valence-electron chi connectivity index (χ2n) is 5.32. The van der Waals surface area contributed by atoms with Crippen LogP contribution in [0.5, 0.6) is 0 Å². The zero-order chi connectivity index (χ0) is 14.3. The first-order chi connectivity index (χ1) is 9.43. The van der Waals surface area contributed by atoms with Crippen LogP contribution in [0.2, 0.25) is 5.02 Å². The van der Waals surface area contributed by atoms with Gasteiger partial charge < -0.3 is 4.40 Å². The highest BCUT2D eigenvalue weighted by molar-refractivity contribution is 7.91. The van der Waals surface area contributed by atoms with E-state index >= 15 is 0 Å². The fourth-order valence-corrected chi connectivity index (χ4v) is 4.57. The Bertz CT molecular complexity index is 741. The minimum atomic E-state index is -2.85. The summed E-state index contributed by atoms with van der Waals surface area (Å²) in [6.45, 7) is 0.638. The number of halogens is 1. The van der Waals surface area contributed by atoms with Gasteiger partial charge in [-0.3, -0.25) is 4.90 Å². The molecule has 1 aliphatic heterocycles. The number of aromatic nitrogens is 2. The number of rotatable bonds is 3. The van der Waals surface area contributed by atoms with E-state index in [-0.39, 0.29) is 11.8 Å². The summed E-state index contributed by atoms with van der Waals surface area (Å²) in [5, 5.41) is 0.664. The van der Waals surface area contributed by atoms with Gasteiger partial charge in [0, 0.05) is 25.0 Å². The molecule has 1 saturated heterocycles. The van der Waals surface area contributed by atoms with Gasteiger partial charge in [0.2, 0.25) is 0 Å². The number of sulfone groups is 1. The van der Waals surface area contributed by atoms with Gasteiger partial charge in [-0.1, -0.05) is 11.6 Å². The van der Waals surface area contributed by atoms with E-state index in [0.717, 1.165) is 11.3 Å². The molecule has 20 heavy (non-hydrogen) atoms. The van der Waals surface area contributed by atoms with Crippen molar-refractivity contribution in [1.82, 2.24) is 14.3 Å². The molecule has 0 amide bonds. The van der Waals surface area contributed by atoms with Gasteiger partial charge >= 0.3 is 0 Å². The fraction of sp³-hybridized carbons (Fsp3) is 0.462. The normalized spacial score (nSPS) is 21.9. The summed E-state index contributed by atoms with van der Waals surface area (Å²) in [5.74, 6) is 0.547. The quantitative estimate of drug-likeness (QED) is 0.864. The first-order valence-electron chi connectivity index (χ1n) is 6.47. The molecule has 3 rings (SSSR count). The molecule has 7 heteroatoms. The van der Waals surface area contributed by atoms with Crippen LogP contribution in [0.1, 0.15) is 12.1 Å². The third-order valence-electron chi connectivity index (χ3n) is 3.71. The van der Waals surface area contributed by atoms with Gasteiger partial charge in [0.15, 0.2) is 9.84 Å². The third-order valence-corrected chi connectivity index (χ3v) is 5.68. The molecule has 0 aliphatic carbocycles. The lowest BCUT2D eigenvalue weighted by Gasteiger charge is -2.21. The molecular formula is C13H16ClN3O2S. The van der Waals surface area contributed by atoms with Gasteiger partial charge in [-0.15, -0.1) is 0 Å². The van der Waals surface area contributed by atoms with Crippen molar-refractivity contribution in [1.29, 1.82) is 0 Å². The Kier molecular flexibility index (Phi) is 3.48. The molecule has 3 heterocycles. The van der Waals surface area contributed by atoms with E-state index < -0.39 is 9.84 Å². The van der Waals surface area contributed by atoms with Crippen LogP contribution in [0.15, 0.2) is 24.5 Å². The van der Waals surface area contributed by atoms with Gasteiger partial charge in [0.1, 0.15) is 5.65 Å². The van der Waals surface area contributed by atoms with Crippen molar-refractivity contribution in [2.45, 2.75) is 19.0 Å². The van der Waals surface area contributed by atoms with Crippen LogP contribution in [-0.2, 0) is 16.4 Å². The molecule has 0 N–H and O–H groups in total. The van der Waals surface area contributed by atoms with E-state index in [0.29, 0.717) is 23.7 Å². The number of hydrogen-bond acceptors (Lipinski definition) is 4. The molecule has 2 aromatic rings. The summed E-state index contributed by atoms with van der Waals surface area (Å²) in [6.07, 6.45) is 4.45. The molecule has 1 aliphatic rings. The predicted molar refractivity (Wildman–Crippen MR) is 78.7 cm³/mol. The first-order valence-corrected chi connectivity index (χ1v) is 8.67. The lowest BCUT2D eigenvalue weighted by Crippen LogP contribution is -2.32. The van der Waals surface area contributed by atoms with Crippen molar-refractivity contribution in [3.8, 4) is 0 Å². The van der Waals surface area contributed by atoms with E-state index in [1.54, 1.807) is 6.07 Å². The molecular weight excluding hydrogens is 298 g/mol. The number of hydrogen-bond donors (Lipinski definition) is 0. The topological polar surface area (TPSA) is 54.7 Å². The Balaban J connectivity index is 1.76. The summed E-state index contributed by atoms with van der Waals surface area (Å²) >= 11 is 5.94. The van der Waals surface area contributed by atoms with Crippen molar-refractivity contribution < 1.29 is 8.42 Å². The summed E-state index contributed by atoms with van der Waals surface area (Å²) in [5.41, 5.74) is 1.76. The van der Waals surface area contributed by atoms with Gasteiger partial charge in [-0.25, -0.2) is 13.4 Å². The molecule has 5 nitrogen and oxygen atoms in total. The average molecular weight is 314 g/mol. The molecule has 0 saturated carbocycles. The maximum Gasteiger partial charge on any atom is 0.151 e. The average Bonchev–Trinajstić information content (AvgIpc) is 2.91. The molecule has 0 radical (unpaired) electrons. The molecule has 1 atom stereocenters. The summed E-state index contributed by atoms with van der Waals surface area (Å²) < 4.78 is 24.9. The van der Waals surface area contributed by atoms with Gasteiger partial charge in [0.25, 0.3) is 0 Å². The molecule has 0 bridgehead atoms. The summed E-state index contributed by atoms with van der Waals surface area (Å²) in [7, 11) is -0.901. The van der Waals surface area contributed by atoms with Crippen molar-refractivity contribution in [2.24, 2.45) is 0 Å². The van der Waals surface area contributed by atoms with Gasteiger partial charge in [-0.2, -0.15) is 0 Å². The van der Waals surface area contributed by atoms with Crippen LogP contribution in [0.25, 0.3) is 5.65 Å². The molecule has 0 aromatic carbocycles. The van der Waals surface area contributed by atoms with Crippen molar-refractivity contribution in [3.05, 3.63) is 35.2 Å². The van der Waals surface area contributed by atoms with Crippen molar-refractivity contribution >= 4 is 27.1 Å². The smallest absolute Gasteiger partial charge is 0.151 e. The largest absolute Gasteiger partial charge is 0.305 e. The van der Waals surface area contributed by atoms with E-state index in [1.165, 1.54) is 0 Å². The lowest BCUT2D eigenvalue weighted by atomic mass is 10.2. The standard InChI is InChI=1S/C13H16ClN3O2S/c1-16(12-4-5-20(18,19)9-12)7-11-8-17-6-10(14)2-3-13(17)15-11/h2-3,6,8,12H,4-5,7,9H2,1H3. The summed E-state index contributed by atoms with van der Waals surface area (Å²) in [6, 6.07) is 3.76. The highest BCUT2D eigenvalue weighted by atomic mass is 35.5. The van der Waals surface area contributed by atoms with Crippen LogP contribution < -0.4 is 0 Å². The Morgan fingerprint density at radius 1 is 1.45 bits per heavy atom. The third kappa shape index (κ3) is 2.82. The fourth-order valence-electron chi connectivity index (χ4n) is 2.60. The Morgan fingerprint density at radius 2 is 2.25 bits per heavy atom. The number of fused-ring (bicyclic) bond motifs is 1. The molecule has 108 valence electrons. The lowest BCUT2D eigenvalue weighted by molar-refractivity contribution is 0.251. The summed E-state index contributed by atoms with van der Waals surface area (Å²) in [4.78, 5) is 6.58. The van der Waals surface area contributed by atoms with Crippen molar-refractivity contribution in [3.63, 3.8) is 0 Å². The van der Waals surface area contributed by atoms with E-state index in [1.807, 2.05) is 29.9 Å². The monoisotopic (exact) mass is 313 g/mol. The van der Waals surface area contributed by atoms with Crippen LogP contribution in [0.4, 0.5) is 0 Å². The zero-order valence-corrected chi connectivity index (χ0v) is 12.7. The van der Waals surface area contributed by atoms with Crippen LogP contribution in [0.3, 0.4) is 0 Å². The van der Waals surface area contributed by atoms with E-state index in [4.69, 9.17) is 11.6 Å². The van der Waals surface area contributed by atoms with Gasteiger partial charge in [0.05, 0.1) is 22.2 Å². The van der Waals surface area contributed by atoms with Crippen molar-refractivity contribution in [2.75, 3.05) is 18.6 Å². The highest BCUT2D eigenvalue weighted by Crippen LogP contribution is 2.19. The maximum atomic E-state index is 11.5. The first kappa shape index (κ1) is 13.9. The van der Waals surface area contributed by atoms with E-state index in [9.17, 15) is 8.42 Å². The Labute approximate surface area is 123 Å². The SMILES string of the molecule is CN(Cc1cn2cc(Cl)ccc2n1)C1CCS(=O)(=O)C1. The van der Waals surface area contributed by atoms with Gasteiger partial charge in [-0.05, 0) is 25.6 Å². The van der Waals surface area contributed by atoms with Crippen LogP contribution in [0, 0.1) is 0 Å². The maximum absolute atomic E-state index is 11.5. The zero-order valence-electron chi connectivity index (χ0n) is 11.2. The molecule has 1 fully saturated rings. The van der Waals surface area contributed by atoms with Crippen LogP contribution >= 0.6 is 11.6 Å². The predicted octanol–water partition coefficient (Wildman–Crippen LogP) is 1.61. The second-order valence-corrected chi connectivity index (χ2v) is 7.98. The minimum Gasteiger partial charge on any atom is -0.305 e. The minimum absolute atomic E-state index is 0.0911. The number of pyridine rings is 1. The Morgan fingerprint density at radius 3 is 2.95 bits per heavy atom. The molecule has 2 aromatic heterocycles. The highest BCUT2D eigenvalue weighted by Gasteiger charge is 2.30. The Hall–Kier alpha value is -1.11. The number of nitrogens with zero attached hydrogens (tertiary/aromatic N) is 3. The second kappa shape index (κ2) is 5.02. The molecule has 0 spiro atoms. The molecule has 1 unspecified atom stereocenters.